The van der Waals surface area contributed by atoms with Crippen molar-refractivity contribution in [2.24, 2.45) is 0 Å². The van der Waals surface area contributed by atoms with Crippen LogP contribution in [0.1, 0.15) is 0 Å². The molecule has 0 bridgehead atoms. The third kappa shape index (κ3) is 3.98. The SMILES string of the molecule is CN1CCOCC1.O=CNc1cn[nH]c1-c1nc2cc(O)c(F)cc2[nH]1. The molecule has 1 fully saturated rings. The molecule has 138 valence electrons. The average Bonchev–Trinajstić information content (AvgIpc) is 3.23. The Morgan fingerprint density at radius 2 is 2.15 bits per heavy atom. The highest BCUT2D eigenvalue weighted by atomic mass is 19.1. The minimum Gasteiger partial charge on any atom is -0.505 e. The van der Waals surface area contributed by atoms with E-state index in [9.17, 15) is 14.3 Å². The number of likely N-dealkylation sites (N-methyl/N-ethyl adjacent to an activating group) is 1. The number of phenols is 1. The predicted octanol–water partition coefficient (Wildman–Crippen LogP) is 1.31. The number of rotatable bonds is 3. The number of aromatic hydroxyl groups is 1. The molecule has 1 aromatic carbocycles. The zero-order valence-electron chi connectivity index (χ0n) is 14.1. The molecule has 0 radical (unpaired) electrons. The van der Waals surface area contributed by atoms with Crippen molar-refractivity contribution in [1.29, 1.82) is 0 Å². The van der Waals surface area contributed by atoms with Crippen LogP contribution in [0.2, 0.25) is 0 Å². The van der Waals surface area contributed by atoms with Crippen molar-refractivity contribution in [3.63, 3.8) is 0 Å². The first kappa shape index (κ1) is 17.8. The van der Waals surface area contributed by atoms with Gasteiger partial charge in [-0.05, 0) is 7.05 Å². The molecule has 10 heteroatoms. The van der Waals surface area contributed by atoms with Crippen molar-refractivity contribution in [3.8, 4) is 17.3 Å². The third-order valence-corrected chi connectivity index (χ3v) is 3.88. The number of amides is 1. The van der Waals surface area contributed by atoms with E-state index in [1.807, 2.05) is 0 Å². The second-order valence-corrected chi connectivity index (χ2v) is 5.74. The molecular weight excluding hydrogens is 343 g/mol. The van der Waals surface area contributed by atoms with Gasteiger partial charge < -0.3 is 25.0 Å². The number of nitrogens with one attached hydrogen (secondary N) is 3. The summed E-state index contributed by atoms with van der Waals surface area (Å²) < 4.78 is 18.3. The summed E-state index contributed by atoms with van der Waals surface area (Å²) in [6.07, 6.45) is 1.94. The first-order chi connectivity index (χ1) is 12.6. The van der Waals surface area contributed by atoms with Gasteiger partial charge in [0.05, 0.1) is 36.1 Å². The molecule has 4 N–H and O–H groups in total. The summed E-state index contributed by atoms with van der Waals surface area (Å²) in [5, 5.41) is 18.2. The lowest BCUT2D eigenvalue weighted by Gasteiger charge is -2.21. The van der Waals surface area contributed by atoms with Crippen molar-refractivity contribution in [2.45, 2.75) is 0 Å². The molecule has 1 aliphatic rings. The molecular formula is C16H19FN6O3. The van der Waals surface area contributed by atoms with E-state index < -0.39 is 11.6 Å². The summed E-state index contributed by atoms with van der Waals surface area (Å²) in [5.74, 6) is -0.832. The molecule has 0 aliphatic carbocycles. The number of benzene rings is 1. The number of H-pyrrole nitrogens is 2. The summed E-state index contributed by atoms with van der Waals surface area (Å²) in [6, 6.07) is 2.36. The minimum atomic E-state index is -0.737. The second-order valence-electron chi connectivity index (χ2n) is 5.74. The van der Waals surface area contributed by atoms with Crippen molar-refractivity contribution in [1.82, 2.24) is 25.1 Å². The lowest BCUT2D eigenvalue weighted by atomic mass is 10.3. The fourth-order valence-electron chi connectivity index (χ4n) is 2.43. The Kier molecular flexibility index (Phi) is 5.44. The number of carbonyl (C=O) groups is 1. The highest BCUT2D eigenvalue weighted by Crippen LogP contribution is 2.27. The Balaban J connectivity index is 0.000000236. The van der Waals surface area contributed by atoms with Crippen LogP contribution >= 0.6 is 0 Å². The van der Waals surface area contributed by atoms with Gasteiger partial charge in [-0.15, -0.1) is 0 Å². The standard InChI is InChI=1S/C11H8FN5O2.C5H11NO/c12-5-1-6-7(2-9(5)19)16-11(15-6)10-8(13-4-18)3-14-17-10;1-6-2-4-7-5-3-6/h1-4,19H,(H,13,18)(H,14,17)(H,15,16);2-5H2,1H3. The van der Waals surface area contributed by atoms with Crippen LogP contribution in [0.15, 0.2) is 18.3 Å². The van der Waals surface area contributed by atoms with Crippen molar-refractivity contribution < 1.29 is 19.0 Å². The van der Waals surface area contributed by atoms with Crippen LogP contribution in [-0.4, -0.2) is 69.9 Å². The topological polar surface area (TPSA) is 119 Å². The minimum absolute atomic E-state index is 0.377. The predicted molar refractivity (Wildman–Crippen MR) is 93.3 cm³/mol. The number of ether oxygens (including phenoxy) is 1. The summed E-state index contributed by atoms with van der Waals surface area (Å²) in [7, 11) is 2.11. The number of fused-ring (bicyclic) bond motifs is 1. The normalized spacial score (nSPS) is 14.7. The molecule has 0 unspecified atom stereocenters. The quantitative estimate of drug-likeness (QED) is 0.522. The maximum absolute atomic E-state index is 13.2. The fourth-order valence-corrected chi connectivity index (χ4v) is 2.43. The van der Waals surface area contributed by atoms with E-state index >= 15 is 0 Å². The molecule has 4 rings (SSSR count). The molecule has 0 atom stereocenters. The first-order valence-electron chi connectivity index (χ1n) is 7.97. The zero-order valence-corrected chi connectivity index (χ0v) is 14.1. The third-order valence-electron chi connectivity index (χ3n) is 3.88. The number of aromatic nitrogens is 4. The van der Waals surface area contributed by atoms with Crippen molar-refractivity contribution in [2.75, 3.05) is 38.7 Å². The van der Waals surface area contributed by atoms with E-state index in [4.69, 9.17) is 4.74 Å². The van der Waals surface area contributed by atoms with Gasteiger partial charge in [-0.1, -0.05) is 0 Å². The number of aromatic amines is 2. The molecule has 0 spiro atoms. The van der Waals surface area contributed by atoms with Gasteiger partial charge in [-0.25, -0.2) is 9.37 Å². The van der Waals surface area contributed by atoms with Crippen LogP contribution in [0.5, 0.6) is 5.75 Å². The van der Waals surface area contributed by atoms with Crippen LogP contribution in [0.25, 0.3) is 22.6 Å². The largest absolute Gasteiger partial charge is 0.505 e. The van der Waals surface area contributed by atoms with Gasteiger partial charge in [0.1, 0.15) is 5.69 Å². The lowest BCUT2D eigenvalue weighted by molar-refractivity contribution is -0.105. The van der Waals surface area contributed by atoms with E-state index in [1.54, 1.807) is 0 Å². The van der Waals surface area contributed by atoms with Crippen molar-refractivity contribution >= 4 is 23.1 Å². The number of morpholine rings is 1. The lowest BCUT2D eigenvalue weighted by Crippen LogP contribution is -2.32. The molecule has 1 saturated heterocycles. The molecule has 3 aromatic rings. The number of hydrogen-bond donors (Lipinski definition) is 4. The zero-order chi connectivity index (χ0) is 18.5. The molecule has 9 nitrogen and oxygen atoms in total. The summed E-state index contributed by atoms with van der Waals surface area (Å²) in [5.41, 5.74) is 1.74. The number of nitrogens with zero attached hydrogens (tertiary/aromatic N) is 3. The van der Waals surface area contributed by atoms with E-state index in [0.717, 1.165) is 32.4 Å². The monoisotopic (exact) mass is 362 g/mol. The second kappa shape index (κ2) is 7.93. The highest BCUT2D eigenvalue weighted by Gasteiger charge is 2.13. The van der Waals surface area contributed by atoms with E-state index in [0.29, 0.717) is 34.6 Å². The smallest absolute Gasteiger partial charge is 0.211 e. The molecule has 0 saturated carbocycles. The maximum atomic E-state index is 13.2. The van der Waals surface area contributed by atoms with Crippen LogP contribution < -0.4 is 5.32 Å². The van der Waals surface area contributed by atoms with Crippen molar-refractivity contribution in [3.05, 3.63) is 24.1 Å². The number of imidazole rings is 1. The molecule has 1 aliphatic heterocycles. The fraction of sp³-hybridized carbons (Fsp3) is 0.312. The van der Waals surface area contributed by atoms with Crippen LogP contribution in [-0.2, 0) is 9.53 Å². The van der Waals surface area contributed by atoms with Gasteiger partial charge >= 0.3 is 0 Å². The van der Waals surface area contributed by atoms with E-state index in [2.05, 4.69) is 37.4 Å². The Morgan fingerprint density at radius 3 is 2.81 bits per heavy atom. The summed E-state index contributed by atoms with van der Waals surface area (Å²) in [4.78, 5) is 19.8. The Morgan fingerprint density at radius 1 is 1.38 bits per heavy atom. The summed E-state index contributed by atoms with van der Waals surface area (Å²) in [6.45, 7) is 4.02. The number of carbonyl (C=O) groups excluding carboxylic acids is 1. The van der Waals surface area contributed by atoms with Gasteiger partial charge in [0, 0.05) is 25.2 Å². The van der Waals surface area contributed by atoms with Crippen LogP contribution in [0.3, 0.4) is 0 Å². The van der Waals surface area contributed by atoms with Gasteiger partial charge in [0.25, 0.3) is 0 Å². The average molecular weight is 362 g/mol. The number of phenolic OH excluding ortho intramolecular Hbond substituents is 1. The highest BCUT2D eigenvalue weighted by molar-refractivity contribution is 5.85. The number of anilines is 1. The van der Waals surface area contributed by atoms with Crippen LogP contribution in [0, 0.1) is 5.82 Å². The number of hydrogen-bond acceptors (Lipinski definition) is 6. The van der Waals surface area contributed by atoms with Crippen LogP contribution in [0.4, 0.5) is 10.1 Å². The maximum Gasteiger partial charge on any atom is 0.211 e. The summed E-state index contributed by atoms with van der Waals surface area (Å²) >= 11 is 0. The Labute approximate surface area is 148 Å². The Bertz CT molecular complexity index is 848. The van der Waals surface area contributed by atoms with Gasteiger partial charge in [0.2, 0.25) is 6.41 Å². The molecule has 26 heavy (non-hydrogen) atoms. The Hall–Kier alpha value is -2.98. The molecule has 3 heterocycles. The number of halogens is 1. The first-order valence-corrected chi connectivity index (χ1v) is 7.97. The van der Waals surface area contributed by atoms with E-state index in [-0.39, 0.29) is 0 Å². The van der Waals surface area contributed by atoms with Gasteiger partial charge in [0.15, 0.2) is 17.4 Å². The van der Waals surface area contributed by atoms with Gasteiger partial charge in [-0.3, -0.25) is 9.89 Å². The van der Waals surface area contributed by atoms with Gasteiger partial charge in [-0.2, -0.15) is 5.10 Å². The molecule has 1 amide bonds. The molecule has 2 aromatic heterocycles. The van der Waals surface area contributed by atoms with E-state index in [1.165, 1.54) is 12.3 Å².